The van der Waals surface area contributed by atoms with E-state index in [1.807, 2.05) is 84.0 Å². The molecular formula is C28H39N3O4. The molecule has 0 aliphatic rings. The number of carbonyl (C=O) groups is 3. The van der Waals surface area contributed by atoms with Crippen molar-refractivity contribution in [2.24, 2.45) is 0 Å². The number of nitrogens with one attached hydrogen (secondary N) is 2. The maximum atomic E-state index is 13.9. The van der Waals surface area contributed by atoms with Crippen molar-refractivity contribution in [1.29, 1.82) is 0 Å². The Morgan fingerprint density at radius 2 is 1.40 bits per heavy atom. The van der Waals surface area contributed by atoms with Crippen molar-refractivity contribution in [3.8, 4) is 0 Å². The molecule has 0 saturated heterocycles. The molecule has 190 valence electrons. The Kier molecular flexibility index (Phi) is 8.71. The Balaban J connectivity index is 2.48. The third kappa shape index (κ3) is 7.57. The number of carbonyl (C=O) groups excluding carboxylic acids is 3. The summed E-state index contributed by atoms with van der Waals surface area (Å²) in [6, 6.07) is 12.4. The molecule has 0 aliphatic heterocycles. The van der Waals surface area contributed by atoms with E-state index in [0.717, 1.165) is 27.9 Å². The molecule has 0 saturated carbocycles. The second-order valence-electron chi connectivity index (χ2n) is 10.8. The molecular weight excluding hydrogens is 442 g/mol. The van der Waals surface area contributed by atoms with E-state index in [4.69, 9.17) is 4.74 Å². The van der Waals surface area contributed by atoms with Crippen LogP contribution in [0.1, 0.15) is 69.8 Å². The van der Waals surface area contributed by atoms with Gasteiger partial charge in [-0.25, -0.2) is 4.79 Å². The van der Waals surface area contributed by atoms with Crippen molar-refractivity contribution in [3.05, 3.63) is 64.7 Å². The molecule has 1 unspecified atom stereocenters. The smallest absolute Gasteiger partial charge is 0.408 e. The standard InChI is InChI=1S/C28H39N3O4/c1-18-13-10-11-16-21(18)24(25(33)30-23-19(2)14-12-15-20(23)3)31(27(4,5)6)22(32)17-29-26(34)35-28(7,8)9/h10-16,24H,17H2,1-9H3,(H,29,34)(H,30,33). The number of anilines is 1. The molecule has 0 fully saturated rings. The predicted molar refractivity (Wildman–Crippen MR) is 139 cm³/mol. The van der Waals surface area contributed by atoms with E-state index in [1.54, 1.807) is 20.8 Å². The maximum Gasteiger partial charge on any atom is 0.408 e. The number of aryl methyl sites for hydroxylation is 3. The third-order valence-electron chi connectivity index (χ3n) is 5.49. The molecule has 0 spiro atoms. The molecule has 2 aromatic rings. The summed E-state index contributed by atoms with van der Waals surface area (Å²) in [6.45, 7) is 16.4. The van der Waals surface area contributed by atoms with Gasteiger partial charge in [-0.3, -0.25) is 9.59 Å². The van der Waals surface area contributed by atoms with E-state index >= 15 is 0 Å². The topological polar surface area (TPSA) is 87.7 Å². The second kappa shape index (κ2) is 10.9. The van der Waals surface area contributed by atoms with Crippen molar-refractivity contribution < 1.29 is 19.1 Å². The van der Waals surface area contributed by atoms with Gasteiger partial charge in [0.1, 0.15) is 18.2 Å². The number of hydrogen-bond acceptors (Lipinski definition) is 4. The SMILES string of the molecule is Cc1ccccc1C(C(=O)Nc1c(C)cccc1C)N(C(=O)CNC(=O)OC(C)(C)C)C(C)(C)C. The molecule has 1 atom stereocenters. The average Bonchev–Trinajstić information content (AvgIpc) is 2.71. The first-order valence-corrected chi connectivity index (χ1v) is 11.8. The van der Waals surface area contributed by atoms with Gasteiger partial charge in [0.25, 0.3) is 5.91 Å². The van der Waals surface area contributed by atoms with Crippen LogP contribution in [0.3, 0.4) is 0 Å². The minimum Gasteiger partial charge on any atom is -0.444 e. The van der Waals surface area contributed by atoms with E-state index in [-0.39, 0.29) is 12.5 Å². The Morgan fingerprint density at radius 1 is 0.857 bits per heavy atom. The Hall–Kier alpha value is -3.35. The molecule has 0 radical (unpaired) electrons. The number of ether oxygens (including phenoxy) is 1. The maximum absolute atomic E-state index is 13.9. The highest BCUT2D eigenvalue weighted by Crippen LogP contribution is 2.32. The number of para-hydroxylation sites is 1. The molecule has 2 aromatic carbocycles. The van der Waals surface area contributed by atoms with Crippen molar-refractivity contribution >= 4 is 23.6 Å². The normalized spacial score (nSPS) is 12.5. The molecule has 7 heteroatoms. The van der Waals surface area contributed by atoms with Gasteiger partial charge >= 0.3 is 6.09 Å². The largest absolute Gasteiger partial charge is 0.444 e. The first kappa shape index (κ1) is 27.9. The molecule has 7 nitrogen and oxygen atoms in total. The third-order valence-corrected chi connectivity index (χ3v) is 5.49. The number of benzene rings is 2. The highest BCUT2D eigenvalue weighted by atomic mass is 16.6. The average molecular weight is 482 g/mol. The lowest BCUT2D eigenvalue weighted by atomic mass is 9.93. The summed E-state index contributed by atoms with van der Waals surface area (Å²) in [6.07, 6.45) is -0.688. The molecule has 0 aliphatic carbocycles. The predicted octanol–water partition coefficient (Wildman–Crippen LogP) is 5.44. The fraction of sp³-hybridized carbons (Fsp3) is 0.464. The lowest BCUT2D eigenvalue weighted by molar-refractivity contribution is -0.144. The van der Waals surface area contributed by atoms with Crippen molar-refractivity contribution in [3.63, 3.8) is 0 Å². The first-order valence-electron chi connectivity index (χ1n) is 11.8. The van der Waals surface area contributed by atoms with E-state index in [0.29, 0.717) is 0 Å². The monoisotopic (exact) mass is 481 g/mol. The van der Waals surface area contributed by atoms with Gasteiger partial charge < -0.3 is 20.3 Å². The van der Waals surface area contributed by atoms with Crippen LogP contribution >= 0.6 is 0 Å². The van der Waals surface area contributed by atoms with Gasteiger partial charge in [-0.05, 0) is 84.6 Å². The van der Waals surface area contributed by atoms with Gasteiger partial charge in [0, 0.05) is 11.2 Å². The van der Waals surface area contributed by atoms with Gasteiger partial charge in [0.05, 0.1) is 0 Å². The summed E-state index contributed by atoms with van der Waals surface area (Å²) in [5.41, 5.74) is 2.78. The Labute approximate surface area is 209 Å². The fourth-order valence-corrected chi connectivity index (χ4v) is 3.95. The summed E-state index contributed by atoms with van der Waals surface area (Å²) in [5.74, 6) is -0.717. The van der Waals surface area contributed by atoms with Gasteiger partial charge in [-0.15, -0.1) is 0 Å². The fourth-order valence-electron chi connectivity index (χ4n) is 3.95. The highest BCUT2D eigenvalue weighted by molar-refractivity contribution is 5.99. The summed E-state index contributed by atoms with van der Waals surface area (Å²) in [7, 11) is 0. The Morgan fingerprint density at radius 3 is 1.91 bits per heavy atom. The summed E-state index contributed by atoms with van der Waals surface area (Å²) in [4.78, 5) is 41.2. The van der Waals surface area contributed by atoms with Crippen molar-refractivity contribution in [2.75, 3.05) is 11.9 Å². The van der Waals surface area contributed by atoms with E-state index in [9.17, 15) is 14.4 Å². The van der Waals surface area contributed by atoms with Gasteiger partial charge in [0.2, 0.25) is 5.91 Å². The molecule has 0 bridgehead atoms. The van der Waals surface area contributed by atoms with Crippen LogP contribution in [0.25, 0.3) is 0 Å². The molecule has 3 amide bonds. The number of amides is 3. The molecule has 0 heterocycles. The lowest BCUT2D eigenvalue weighted by Gasteiger charge is -2.42. The Bertz CT molecular complexity index is 1060. The molecule has 2 rings (SSSR count). The van der Waals surface area contributed by atoms with Crippen molar-refractivity contribution in [1.82, 2.24) is 10.2 Å². The number of hydrogen-bond donors (Lipinski definition) is 2. The van der Waals surface area contributed by atoms with Gasteiger partial charge in [-0.1, -0.05) is 42.5 Å². The molecule has 0 aromatic heterocycles. The van der Waals surface area contributed by atoms with Crippen molar-refractivity contribution in [2.45, 2.75) is 79.5 Å². The molecule has 2 N–H and O–H groups in total. The van der Waals surface area contributed by atoms with Crippen LogP contribution < -0.4 is 10.6 Å². The number of alkyl carbamates (subject to hydrolysis) is 1. The summed E-state index contributed by atoms with van der Waals surface area (Å²) < 4.78 is 5.27. The zero-order valence-corrected chi connectivity index (χ0v) is 22.4. The van der Waals surface area contributed by atoms with Crippen LogP contribution in [0, 0.1) is 20.8 Å². The first-order chi connectivity index (χ1) is 16.1. The van der Waals surface area contributed by atoms with Crippen LogP contribution in [-0.4, -0.2) is 40.5 Å². The van der Waals surface area contributed by atoms with Gasteiger partial charge in [0.15, 0.2) is 0 Å². The minimum atomic E-state index is -0.914. The highest BCUT2D eigenvalue weighted by Gasteiger charge is 2.39. The number of nitrogens with zero attached hydrogens (tertiary/aromatic N) is 1. The van der Waals surface area contributed by atoms with E-state index in [2.05, 4.69) is 10.6 Å². The summed E-state index contributed by atoms with van der Waals surface area (Å²) in [5, 5.41) is 5.60. The van der Waals surface area contributed by atoms with Gasteiger partial charge in [-0.2, -0.15) is 0 Å². The minimum absolute atomic E-state index is 0.300. The van der Waals surface area contributed by atoms with Crippen LogP contribution in [-0.2, 0) is 14.3 Å². The second-order valence-corrected chi connectivity index (χ2v) is 10.8. The van der Waals surface area contributed by atoms with Crippen LogP contribution in [0.4, 0.5) is 10.5 Å². The van der Waals surface area contributed by atoms with Crippen LogP contribution in [0.2, 0.25) is 0 Å². The van der Waals surface area contributed by atoms with E-state index in [1.165, 1.54) is 4.90 Å². The summed E-state index contributed by atoms with van der Waals surface area (Å²) >= 11 is 0. The lowest BCUT2D eigenvalue weighted by Crippen LogP contribution is -2.54. The number of rotatable bonds is 6. The van der Waals surface area contributed by atoms with E-state index < -0.39 is 29.2 Å². The van der Waals surface area contributed by atoms with Crippen LogP contribution in [0.15, 0.2) is 42.5 Å². The van der Waals surface area contributed by atoms with Crippen LogP contribution in [0.5, 0.6) is 0 Å². The zero-order valence-electron chi connectivity index (χ0n) is 22.4. The molecule has 35 heavy (non-hydrogen) atoms. The zero-order chi connectivity index (χ0) is 26.6. The quantitative estimate of drug-likeness (QED) is 0.575.